The monoisotopic (exact) mass is 415 g/mol. The van der Waals surface area contributed by atoms with E-state index < -0.39 is 0 Å². The van der Waals surface area contributed by atoms with Gasteiger partial charge in [-0.3, -0.25) is 0 Å². The third-order valence-corrected chi connectivity index (χ3v) is 6.02. The van der Waals surface area contributed by atoms with Crippen molar-refractivity contribution in [2.24, 2.45) is 0 Å². The largest absolute Gasteiger partial charge is 0.500 e. The average molecular weight is 416 g/mol. The van der Waals surface area contributed by atoms with E-state index in [1.54, 1.807) is 7.11 Å². The predicted octanol–water partition coefficient (Wildman–Crippen LogP) is 6.63. The fourth-order valence-corrected chi connectivity index (χ4v) is 4.45. The van der Waals surface area contributed by atoms with Crippen LogP contribution in [0.15, 0.2) is 72.5 Å². The van der Waals surface area contributed by atoms with E-state index in [0.29, 0.717) is 6.61 Å². The van der Waals surface area contributed by atoms with Crippen LogP contribution in [-0.4, -0.2) is 25.4 Å². The zero-order valence-electron chi connectivity index (χ0n) is 19.1. The fraction of sp³-hybridized carbons (Fsp3) is 0.357. The maximum absolute atomic E-state index is 6.32. The molecule has 3 heteroatoms. The van der Waals surface area contributed by atoms with E-state index in [2.05, 4.69) is 92.8 Å². The molecule has 1 aliphatic heterocycles. The number of hydrogen-bond donors (Lipinski definition) is 1. The van der Waals surface area contributed by atoms with Gasteiger partial charge in [-0.1, -0.05) is 54.6 Å². The zero-order valence-corrected chi connectivity index (χ0v) is 19.1. The molecule has 4 rings (SSSR count). The second kappa shape index (κ2) is 9.15. The number of anilines is 1. The van der Waals surface area contributed by atoms with E-state index in [1.165, 1.54) is 27.8 Å². The van der Waals surface area contributed by atoms with Crippen LogP contribution in [-0.2, 0) is 15.9 Å². The summed E-state index contributed by atoms with van der Waals surface area (Å²) in [6.07, 6.45) is 9.64. The first-order chi connectivity index (χ1) is 15.0. The van der Waals surface area contributed by atoms with E-state index in [1.807, 2.05) is 0 Å². The van der Waals surface area contributed by atoms with Crippen molar-refractivity contribution in [2.75, 3.05) is 19.0 Å². The number of allylic oxidation sites excluding steroid dienone is 4. The number of hydrogen-bond acceptors (Lipinski definition) is 3. The summed E-state index contributed by atoms with van der Waals surface area (Å²) in [6.45, 7) is 7.27. The van der Waals surface area contributed by atoms with Gasteiger partial charge in [0.1, 0.15) is 5.76 Å². The fourth-order valence-electron chi connectivity index (χ4n) is 4.45. The van der Waals surface area contributed by atoms with Crippen molar-refractivity contribution in [1.29, 1.82) is 0 Å². The molecule has 0 radical (unpaired) electrons. The van der Waals surface area contributed by atoms with Crippen LogP contribution < -0.4 is 5.32 Å². The van der Waals surface area contributed by atoms with Gasteiger partial charge in [0.2, 0.25) is 0 Å². The summed E-state index contributed by atoms with van der Waals surface area (Å²) in [5, 5.41) is 3.66. The summed E-state index contributed by atoms with van der Waals surface area (Å²) in [4.78, 5) is 0. The molecule has 0 aromatic heterocycles. The average Bonchev–Trinajstić information content (AvgIpc) is 2.78. The quantitative estimate of drug-likeness (QED) is 0.550. The van der Waals surface area contributed by atoms with Crippen LogP contribution in [0.4, 0.5) is 5.69 Å². The molecule has 1 unspecified atom stereocenters. The maximum atomic E-state index is 6.32. The lowest BCUT2D eigenvalue weighted by molar-refractivity contribution is 0.106. The highest BCUT2D eigenvalue weighted by Gasteiger charge is 2.28. The molecule has 0 saturated carbocycles. The molecular formula is C28H33NO2. The molecular weight excluding hydrogens is 382 g/mol. The molecule has 0 saturated heterocycles. The first-order valence-electron chi connectivity index (χ1n) is 11.2. The van der Waals surface area contributed by atoms with Crippen LogP contribution in [0.5, 0.6) is 0 Å². The van der Waals surface area contributed by atoms with E-state index in [4.69, 9.17) is 9.47 Å². The first-order valence-corrected chi connectivity index (χ1v) is 11.2. The van der Waals surface area contributed by atoms with Gasteiger partial charge in [-0.05, 0) is 62.4 Å². The van der Waals surface area contributed by atoms with E-state index in [9.17, 15) is 0 Å². The molecule has 1 N–H and O–H groups in total. The summed E-state index contributed by atoms with van der Waals surface area (Å²) in [6, 6.07) is 17.2. The molecule has 162 valence electrons. The van der Waals surface area contributed by atoms with Crippen LogP contribution in [0.1, 0.15) is 50.3 Å². The van der Waals surface area contributed by atoms with E-state index >= 15 is 0 Å². The Morgan fingerprint density at radius 3 is 2.68 bits per heavy atom. The number of nitrogens with one attached hydrogen (secondary N) is 1. The van der Waals surface area contributed by atoms with Crippen LogP contribution >= 0.6 is 0 Å². The molecule has 0 fully saturated rings. The standard InChI is InChI=1S/C28H33NO2/c1-20(31-17-16-21-10-6-5-7-11-21)25-19-28(2,3)29-26-15-14-22(18-24(25)26)23-12-8-9-13-27(23)30-4/h5-8,10-12,14-15,18-20,29H,9,13,16-17H2,1-4H3. The predicted molar refractivity (Wildman–Crippen MR) is 130 cm³/mol. The number of methoxy groups -OCH3 is 1. The molecule has 0 bridgehead atoms. The Bertz CT molecular complexity index is 1010. The molecule has 0 amide bonds. The molecule has 2 aromatic rings. The van der Waals surface area contributed by atoms with Crippen LogP contribution in [0.2, 0.25) is 0 Å². The third kappa shape index (κ3) is 4.94. The Hall–Kier alpha value is -2.78. The van der Waals surface area contributed by atoms with Crippen molar-refractivity contribution in [3.63, 3.8) is 0 Å². The van der Waals surface area contributed by atoms with Crippen molar-refractivity contribution < 1.29 is 9.47 Å². The lowest BCUT2D eigenvalue weighted by Crippen LogP contribution is -2.33. The maximum Gasteiger partial charge on any atom is 0.104 e. The second-order valence-electron chi connectivity index (χ2n) is 8.94. The Balaban J connectivity index is 1.60. The summed E-state index contributed by atoms with van der Waals surface area (Å²) in [5.74, 6) is 1.06. The van der Waals surface area contributed by atoms with Crippen molar-refractivity contribution in [1.82, 2.24) is 0 Å². The van der Waals surface area contributed by atoms with Crippen LogP contribution in [0.25, 0.3) is 11.1 Å². The highest BCUT2D eigenvalue weighted by molar-refractivity contribution is 5.87. The zero-order chi connectivity index (χ0) is 21.8. The minimum atomic E-state index is -0.122. The molecule has 31 heavy (non-hydrogen) atoms. The molecule has 2 aliphatic rings. The highest BCUT2D eigenvalue weighted by atomic mass is 16.5. The van der Waals surface area contributed by atoms with Gasteiger partial charge in [-0.15, -0.1) is 0 Å². The normalized spacial score (nSPS) is 18.1. The van der Waals surface area contributed by atoms with E-state index in [0.717, 1.165) is 30.7 Å². The van der Waals surface area contributed by atoms with Gasteiger partial charge in [0.05, 0.1) is 25.4 Å². The lowest BCUT2D eigenvalue weighted by atomic mass is 9.85. The molecule has 1 atom stereocenters. The molecule has 2 aromatic carbocycles. The topological polar surface area (TPSA) is 30.5 Å². The number of rotatable bonds is 7. The van der Waals surface area contributed by atoms with Crippen molar-refractivity contribution in [3.8, 4) is 0 Å². The summed E-state index contributed by atoms with van der Waals surface area (Å²) >= 11 is 0. The number of benzene rings is 2. The van der Waals surface area contributed by atoms with Gasteiger partial charge in [-0.25, -0.2) is 0 Å². The van der Waals surface area contributed by atoms with Crippen molar-refractivity contribution in [3.05, 3.63) is 89.2 Å². The Morgan fingerprint density at radius 1 is 1.10 bits per heavy atom. The molecule has 1 aliphatic carbocycles. The Kier molecular flexibility index (Phi) is 6.33. The van der Waals surface area contributed by atoms with Gasteiger partial charge < -0.3 is 14.8 Å². The van der Waals surface area contributed by atoms with Gasteiger partial charge in [-0.2, -0.15) is 0 Å². The van der Waals surface area contributed by atoms with Crippen molar-refractivity contribution in [2.45, 2.75) is 51.7 Å². The minimum absolute atomic E-state index is 0.0110. The molecule has 3 nitrogen and oxygen atoms in total. The summed E-state index contributed by atoms with van der Waals surface area (Å²) < 4.78 is 12.0. The Labute approximate surface area is 186 Å². The van der Waals surface area contributed by atoms with Crippen LogP contribution in [0.3, 0.4) is 0 Å². The smallest absolute Gasteiger partial charge is 0.104 e. The summed E-state index contributed by atoms with van der Waals surface area (Å²) in [7, 11) is 1.77. The summed E-state index contributed by atoms with van der Waals surface area (Å²) in [5.41, 5.74) is 7.17. The minimum Gasteiger partial charge on any atom is -0.500 e. The molecule has 1 heterocycles. The lowest BCUT2D eigenvalue weighted by Gasteiger charge is -2.34. The Morgan fingerprint density at radius 2 is 1.90 bits per heavy atom. The van der Waals surface area contributed by atoms with Crippen LogP contribution in [0, 0.1) is 0 Å². The SMILES string of the molecule is COC1=C(c2ccc3c(c2)C(C(C)OCCc2ccccc2)=CC(C)(C)N3)C=CCC1. The van der Waals surface area contributed by atoms with Gasteiger partial charge in [0, 0.05) is 23.2 Å². The third-order valence-electron chi connectivity index (χ3n) is 6.02. The van der Waals surface area contributed by atoms with Gasteiger partial charge in [0.25, 0.3) is 0 Å². The van der Waals surface area contributed by atoms with Gasteiger partial charge in [0.15, 0.2) is 0 Å². The number of ether oxygens (including phenoxy) is 2. The molecule has 0 spiro atoms. The highest BCUT2D eigenvalue weighted by Crippen LogP contribution is 2.39. The second-order valence-corrected chi connectivity index (χ2v) is 8.94. The van der Waals surface area contributed by atoms with E-state index in [-0.39, 0.29) is 11.6 Å². The van der Waals surface area contributed by atoms with Crippen molar-refractivity contribution >= 4 is 16.8 Å². The first kappa shape index (κ1) is 21.5. The van der Waals surface area contributed by atoms with Gasteiger partial charge >= 0.3 is 0 Å². The number of fused-ring (bicyclic) bond motifs is 1.